The molecule has 0 aliphatic carbocycles. The molecule has 0 unspecified atom stereocenters. The fraction of sp³-hybridized carbons (Fsp3) is 0.0833. The second-order valence-electron chi connectivity index (χ2n) is 6.70. The summed E-state index contributed by atoms with van der Waals surface area (Å²) in [6, 6.07) is 21.1. The maximum absolute atomic E-state index is 12.7. The van der Waals surface area contributed by atoms with Crippen LogP contribution < -0.4 is 5.32 Å². The van der Waals surface area contributed by atoms with Gasteiger partial charge in [-0.05, 0) is 72.0 Å². The topological polar surface area (TPSA) is 52.9 Å². The summed E-state index contributed by atoms with van der Waals surface area (Å²) in [6.07, 6.45) is 2.27. The molecule has 0 atom stereocenters. The van der Waals surface area contributed by atoms with Crippen LogP contribution in [0.3, 0.4) is 0 Å². The Bertz CT molecular complexity index is 1180. The number of nitriles is 1. The third kappa shape index (κ3) is 5.60. The molecule has 30 heavy (non-hydrogen) atoms. The molecule has 0 aliphatic heterocycles. The van der Waals surface area contributed by atoms with E-state index in [-0.39, 0.29) is 5.57 Å². The molecule has 0 saturated carbocycles. The molecule has 1 amide bonds. The Morgan fingerprint density at radius 3 is 2.57 bits per heavy atom. The van der Waals surface area contributed by atoms with Crippen molar-refractivity contribution in [3.8, 4) is 6.07 Å². The maximum atomic E-state index is 12.7. The fourth-order valence-corrected chi connectivity index (χ4v) is 3.87. The van der Waals surface area contributed by atoms with Gasteiger partial charge in [0.1, 0.15) is 11.6 Å². The van der Waals surface area contributed by atoms with Crippen LogP contribution in [0.15, 0.2) is 75.2 Å². The van der Waals surface area contributed by atoms with E-state index >= 15 is 0 Å². The van der Waals surface area contributed by atoms with Gasteiger partial charge >= 0.3 is 0 Å². The largest absolute Gasteiger partial charge is 0.321 e. The molecule has 0 spiro atoms. The molecule has 3 aromatic carbocycles. The summed E-state index contributed by atoms with van der Waals surface area (Å²) >= 11 is 13.2. The van der Waals surface area contributed by atoms with E-state index in [9.17, 15) is 10.1 Å². The lowest BCUT2D eigenvalue weighted by Gasteiger charge is -2.10. The molecular formula is C24H17Br2ClN2O. The van der Waals surface area contributed by atoms with Crippen LogP contribution in [0.25, 0.3) is 6.08 Å². The number of nitrogens with one attached hydrogen (secondary N) is 1. The van der Waals surface area contributed by atoms with E-state index in [4.69, 9.17) is 11.6 Å². The molecule has 0 radical (unpaired) electrons. The van der Waals surface area contributed by atoms with E-state index in [2.05, 4.69) is 37.2 Å². The van der Waals surface area contributed by atoms with Gasteiger partial charge in [-0.2, -0.15) is 5.26 Å². The summed E-state index contributed by atoms with van der Waals surface area (Å²) in [5.74, 6) is -0.482. The monoisotopic (exact) mass is 542 g/mol. The Morgan fingerprint density at radius 1 is 1.10 bits per heavy atom. The maximum Gasteiger partial charge on any atom is 0.266 e. The number of carbonyl (C=O) groups is 1. The lowest BCUT2D eigenvalue weighted by atomic mass is 9.98. The Kier molecular flexibility index (Phi) is 7.49. The summed E-state index contributed by atoms with van der Waals surface area (Å²) in [4.78, 5) is 12.7. The van der Waals surface area contributed by atoms with Crippen molar-refractivity contribution in [1.82, 2.24) is 0 Å². The summed E-state index contributed by atoms with van der Waals surface area (Å²) in [6.45, 7) is 1.88. The van der Waals surface area contributed by atoms with Crippen molar-refractivity contribution >= 4 is 61.1 Å². The van der Waals surface area contributed by atoms with Crippen molar-refractivity contribution in [1.29, 1.82) is 5.26 Å². The zero-order valence-corrected chi connectivity index (χ0v) is 20.0. The molecule has 3 nitrogen and oxygen atoms in total. The second-order valence-corrected chi connectivity index (χ2v) is 8.88. The first-order chi connectivity index (χ1) is 14.4. The highest BCUT2D eigenvalue weighted by Gasteiger charge is 2.13. The standard InChI is InChI=1S/C24H17Br2ClN2O/c1-15-6-9-21(13-23(15)27)29-24(30)19(14-28)11-18-12-20(25)8-7-16(18)10-17-4-2-3-5-22(17)26/h2-9,11-13H,10H2,1H3,(H,29,30)/b19-11+. The van der Waals surface area contributed by atoms with E-state index in [0.717, 1.165) is 31.2 Å². The average Bonchev–Trinajstić information content (AvgIpc) is 2.72. The molecule has 3 rings (SSSR count). The second kappa shape index (κ2) is 10.1. The number of amides is 1. The Hall–Kier alpha value is -2.39. The molecule has 150 valence electrons. The zero-order chi connectivity index (χ0) is 21.7. The molecule has 0 aliphatic rings. The normalized spacial score (nSPS) is 11.1. The number of halogens is 3. The van der Waals surface area contributed by atoms with Gasteiger partial charge in [-0.3, -0.25) is 4.79 Å². The number of aryl methyl sites for hydroxylation is 1. The van der Waals surface area contributed by atoms with E-state index in [1.807, 2.05) is 61.5 Å². The minimum atomic E-state index is -0.482. The molecule has 0 saturated heterocycles. The molecule has 0 aromatic heterocycles. The first-order valence-electron chi connectivity index (χ1n) is 9.08. The van der Waals surface area contributed by atoms with Gasteiger partial charge < -0.3 is 5.32 Å². The van der Waals surface area contributed by atoms with E-state index in [1.54, 1.807) is 18.2 Å². The fourth-order valence-electron chi connectivity index (χ4n) is 2.88. The van der Waals surface area contributed by atoms with Crippen LogP contribution in [0.5, 0.6) is 0 Å². The van der Waals surface area contributed by atoms with Gasteiger partial charge in [-0.25, -0.2) is 0 Å². The smallest absolute Gasteiger partial charge is 0.266 e. The van der Waals surface area contributed by atoms with Gasteiger partial charge in [0.25, 0.3) is 5.91 Å². The lowest BCUT2D eigenvalue weighted by molar-refractivity contribution is -0.112. The van der Waals surface area contributed by atoms with Crippen molar-refractivity contribution < 1.29 is 4.79 Å². The molecule has 0 fully saturated rings. The van der Waals surface area contributed by atoms with Crippen LogP contribution in [0, 0.1) is 18.3 Å². The number of carbonyl (C=O) groups excluding carboxylic acids is 1. The SMILES string of the molecule is Cc1ccc(NC(=O)/C(C#N)=C/c2cc(Br)ccc2Cc2ccccc2Br)cc1Cl. The van der Waals surface area contributed by atoms with Crippen LogP contribution in [0.4, 0.5) is 5.69 Å². The first kappa shape index (κ1) is 22.3. The highest BCUT2D eigenvalue weighted by atomic mass is 79.9. The summed E-state index contributed by atoms with van der Waals surface area (Å²) in [5.41, 5.74) is 4.39. The van der Waals surface area contributed by atoms with Gasteiger partial charge in [0.05, 0.1) is 0 Å². The average molecular weight is 545 g/mol. The van der Waals surface area contributed by atoms with Gasteiger partial charge in [0.2, 0.25) is 0 Å². The van der Waals surface area contributed by atoms with Crippen molar-refractivity contribution in [2.75, 3.05) is 5.32 Å². The summed E-state index contributed by atoms with van der Waals surface area (Å²) < 4.78 is 1.88. The zero-order valence-electron chi connectivity index (χ0n) is 16.0. The van der Waals surface area contributed by atoms with Gasteiger partial charge in [-0.1, -0.05) is 73.8 Å². The van der Waals surface area contributed by atoms with Crippen LogP contribution in [-0.4, -0.2) is 5.91 Å². The van der Waals surface area contributed by atoms with Crippen LogP contribution in [0.1, 0.15) is 22.3 Å². The third-order valence-corrected chi connectivity index (χ3v) is 6.22. The van der Waals surface area contributed by atoms with Crippen LogP contribution in [0.2, 0.25) is 5.02 Å². The van der Waals surface area contributed by atoms with Crippen molar-refractivity contribution in [3.05, 3.63) is 102 Å². The Balaban J connectivity index is 1.92. The number of rotatable bonds is 5. The number of hydrogen-bond donors (Lipinski definition) is 1. The minimum absolute atomic E-state index is 0.0122. The molecule has 3 aromatic rings. The van der Waals surface area contributed by atoms with Gasteiger partial charge in [-0.15, -0.1) is 0 Å². The van der Waals surface area contributed by atoms with Crippen molar-refractivity contribution in [2.24, 2.45) is 0 Å². The minimum Gasteiger partial charge on any atom is -0.321 e. The summed E-state index contributed by atoms with van der Waals surface area (Å²) in [5, 5.41) is 12.9. The Labute approximate surface area is 197 Å². The quantitative estimate of drug-likeness (QED) is 0.271. The van der Waals surface area contributed by atoms with E-state index in [0.29, 0.717) is 17.1 Å². The van der Waals surface area contributed by atoms with Crippen LogP contribution >= 0.6 is 43.5 Å². The van der Waals surface area contributed by atoms with Crippen molar-refractivity contribution in [3.63, 3.8) is 0 Å². The predicted molar refractivity (Wildman–Crippen MR) is 129 cm³/mol. The molecular weight excluding hydrogens is 528 g/mol. The van der Waals surface area contributed by atoms with Gasteiger partial charge in [0.15, 0.2) is 0 Å². The number of anilines is 1. The Morgan fingerprint density at radius 2 is 1.87 bits per heavy atom. The van der Waals surface area contributed by atoms with E-state index < -0.39 is 5.91 Å². The summed E-state index contributed by atoms with van der Waals surface area (Å²) in [7, 11) is 0. The highest BCUT2D eigenvalue weighted by molar-refractivity contribution is 9.10. The number of benzene rings is 3. The lowest BCUT2D eigenvalue weighted by Crippen LogP contribution is -2.13. The van der Waals surface area contributed by atoms with Crippen LogP contribution in [-0.2, 0) is 11.2 Å². The number of hydrogen-bond acceptors (Lipinski definition) is 2. The number of nitrogens with zero attached hydrogens (tertiary/aromatic N) is 1. The van der Waals surface area contributed by atoms with Crippen molar-refractivity contribution in [2.45, 2.75) is 13.3 Å². The first-order valence-corrected chi connectivity index (χ1v) is 11.0. The van der Waals surface area contributed by atoms with Gasteiger partial charge in [0, 0.05) is 19.7 Å². The predicted octanol–water partition coefficient (Wildman–Crippen LogP) is 7.31. The third-order valence-electron chi connectivity index (χ3n) is 4.54. The molecule has 0 bridgehead atoms. The van der Waals surface area contributed by atoms with E-state index in [1.165, 1.54) is 0 Å². The molecule has 6 heteroatoms. The molecule has 0 heterocycles. The highest BCUT2D eigenvalue weighted by Crippen LogP contribution is 2.26. The molecule has 1 N–H and O–H groups in total.